The number of piperazine rings is 1. The number of hydrogen-bond acceptors (Lipinski definition) is 4. The molecule has 1 saturated heterocycles. The minimum absolute atomic E-state index is 0.698. The molecule has 1 heterocycles. The summed E-state index contributed by atoms with van der Waals surface area (Å²) in [5.74, 6) is 1.81. The van der Waals surface area contributed by atoms with Crippen LogP contribution in [0.15, 0.2) is 24.3 Å². The lowest BCUT2D eigenvalue weighted by atomic mass is 10.3. The van der Waals surface area contributed by atoms with Crippen LogP contribution in [-0.4, -0.2) is 50.8 Å². The molecule has 1 fully saturated rings. The normalized spacial score (nSPS) is 16.5. The van der Waals surface area contributed by atoms with Crippen LogP contribution < -0.4 is 14.8 Å². The highest BCUT2D eigenvalue weighted by Gasteiger charge is 2.08. The summed E-state index contributed by atoms with van der Waals surface area (Å²) in [5, 5.41) is 3.34. The van der Waals surface area contributed by atoms with E-state index in [0.29, 0.717) is 6.61 Å². The second-order valence-electron chi connectivity index (χ2n) is 4.34. The zero-order chi connectivity index (χ0) is 12.6. The van der Waals surface area contributed by atoms with Gasteiger partial charge in [-0.2, -0.15) is 0 Å². The summed E-state index contributed by atoms with van der Waals surface area (Å²) >= 11 is 0. The van der Waals surface area contributed by atoms with Gasteiger partial charge in [-0.25, -0.2) is 0 Å². The molecule has 4 nitrogen and oxygen atoms in total. The molecule has 1 aliphatic rings. The Morgan fingerprint density at radius 3 is 2.28 bits per heavy atom. The standard InChI is InChI=1S/C14H22N2O2/c1-2-17-13-3-5-14(6-4-13)18-12-11-16-9-7-15-8-10-16/h3-6,15H,2,7-12H2,1H3. The third-order valence-electron chi connectivity index (χ3n) is 3.02. The Morgan fingerprint density at radius 2 is 1.67 bits per heavy atom. The van der Waals surface area contributed by atoms with Gasteiger partial charge in [-0.3, -0.25) is 4.90 Å². The summed E-state index contributed by atoms with van der Waals surface area (Å²) in [4.78, 5) is 2.42. The minimum atomic E-state index is 0.698. The maximum atomic E-state index is 5.72. The number of nitrogens with one attached hydrogen (secondary N) is 1. The van der Waals surface area contributed by atoms with Crippen LogP contribution in [0.3, 0.4) is 0 Å². The van der Waals surface area contributed by atoms with Crippen molar-refractivity contribution >= 4 is 0 Å². The topological polar surface area (TPSA) is 33.7 Å². The van der Waals surface area contributed by atoms with Gasteiger partial charge in [-0.1, -0.05) is 0 Å². The van der Waals surface area contributed by atoms with Crippen molar-refractivity contribution in [1.29, 1.82) is 0 Å². The minimum Gasteiger partial charge on any atom is -0.494 e. The Balaban J connectivity index is 1.69. The summed E-state index contributed by atoms with van der Waals surface area (Å²) in [6, 6.07) is 7.82. The summed E-state index contributed by atoms with van der Waals surface area (Å²) in [6.45, 7) is 8.83. The summed E-state index contributed by atoms with van der Waals surface area (Å²) < 4.78 is 11.1. The molecule has 0 bridgehead atoms. The highest BCUT2D eigenvalue weighted by molar-refractivity contribution is 5.31. The molecule has 0 unspecified atom stereocenters. The summed E-state index contributed by atoms with van der Waals surface area (Å²) in [5.41, 5.74) is 0. The maximum Gasteiger partial charge on any atom is 0.119 e. The van der Waals surface area contributed by atoms with Crippen molar-refractivity contribution in [3.8, 4) is 11.5 Å². The maximum absolute atomic E-state index is 5.72. The molecule has 0 atom stereocenters. The van der Waals surface area contributed by atoms with E-state index in [2.05, 4.69) is 10.2 Å². The molecule has 0 spiro atoms. The number of benzene rings is 1. The highest BCUT2D eigenvalue weighted by atomic mass is 16.5. The molecule has 18 heavy (non-hydrogen) atoms. The first kappa shape index (κ1) is 13.2. The first-order valence-electron chi connectivity index (χ1n) is 6.67. The van der Waals surface area contributed by atoms with Gasteiger partial charge in [0, 0.05) is 32.7 Å². The zero-order valence-electron chi connectivity index (χ0n) is 11.0. The van der Waals surface area contributed by atoms with Gasteiger partial charge in [-0.15, -0.1) is 0 Å². The largest absolute Gasteiger partial charge is 0.494 e. The molecular formula is C14H22N2O2. The molecular weight excluding hydrogens is 228 g/mol. The Hall–Kier alpha value is -1.26. The highest BCUT2D eigenvalue weighted by Crippen LogP contribution is 2.17. The van der Waals surface area contributed by atoms with Gasteiger partial charge in [-0.05, 0) is 31.2 Å². The molecule has 0 amide bonds. The molecule has 4 heteroatoms. The van der Waals surface area contributed by atoms with Crippen molar-refractivity contribution in [2.24, 2.45) is 0 Å². The molecule has 0 radical (unpaired) electrons. The Labute approximate surface area is 109 Å². The van der Waals surface area contributed by atoms with E-state index in [9.17, 15) is 0 Å². The lowest BCUT2D eigenvalue weighted by Gasteiger charge is -2.26. The third-order valence-corrected chi connectivity index (χ3v) is 3.02. The number of rotatable bonds is 6. The van der Waals surface area contributed by atoms with Gasteiger partial charge in [0.05, 0.1) is 6.61 Å². The second-order valence-corrected chi connectivity index (χ2v) is 4.34. The van der Waals surface area contributed by atoms with Crippen molar-refractivity contribution < 1.29 is 9.47 Å². The fraction of sp³-hybridized carbons (Fsp3) is 0.571. The third kappa shape index (κ3) is 4.20. The van der Waals surface area contributed by atoms with Gasteiger partial charge in [0.1, 0.15) is 18.1 Å². The van der Waals surface area contributed by atoms with E-state index in [1.165, 1.54) is 0 Å². The van der Waals surface area contributed by atoms with E-state index in [1.807, 2.05) is 31.2 Å². The Bertz CT molecular complexity index is 334. The molecule has 1 N–H and O–H groups in total. The lowest BCUT2D eigenvalue weighted by Crippen LogP contribution is -2.44. The van der Waals surface area contributed by atoms with E-state index in [-0.39, 0.29) is 0 Å². The fourth-order valence-electron chi connectivity index (χ4n) is 2.03. The number of hydrogen-bond donors (Lipinski definition) is 1. The van der Waals surface area contributed by atoms with Crippen LogP contribution in [-0.2, 0) is 0 Å². The molecule has 1 aromatic carbocycles. The van der Waals surface area contributed by atoms with Crippen molar-refractivity contribution in [2.75, 3.05) is 45.9 Å². The molecule has 1 aliphatic heterocycles. The van der Waals surface area contributed by atoms with Gasteiger partial charge in [0.2, 0.25) is 0 Å². The van der Waals surface area contributed by atoms with Gasteiger partial charge in [0.25, 0.3) is 0 Å². The molecule has 0 saturated carbocycles. The molecule has 0 aliphatic carbocycles. The van der Waals surface area contributed by atoms with Crippen molar-refractivity contribution in [1.82, 2.24) is 10.2 Å². The Morgan fingerprint density at radius 1 is 1.06 bits per heavy atom. The average molecular weight is 250 g/mol. The summed E-state index contributed by atoms with van der Waals surface area (Å²) in [6.07, 6.45) is 0. The van der Waals surface area contributed by atoms with E-state index in [0.717, 1.165) is 50.8 Å². The van der Waals surface area contributed by atoms with E-state index in [4.69, 9.17) is 9.47 Å². The monoisotopic (exact) mass is 250 g/mol. The predicted octanol–water partition coefficient (Wildman–Crippen LogP) is 1.37. The van der Waals surface area contributed by atoms with Crippen LogP contribution in [0.1, 0.15) is 6.92 Å². The predicted molar refractivity (Wildman–Crippen MR) is 72.4 cm³/mol. The van der Waals surface area contributed by atoms with Gasteiger partial charge >= 0.3 is 0 Å². The van der Waals surface area contributed by atoms with Crippen LogP contribution in [0.5, 0.6) is 11.5 Å². The van der Waals surface area contributed by atoms with Crippen LogP contribution in [0.4, 0.5) is 0 Å². The van der Waals surface area contributed by atoms with Crippen molar-refractivity contribution in [3.63, 3.8) is 0 Å². The van der Waals surface area contributed by atoms with E-state index in [1.54, 1.807) is 0 Å². The number of nitrogens with zero attached hydrogens (tertiary/aromatic N) is 1. The molecule has 0 aromatic heterocycles. The van der Waals surface area contributed by atoms with Crippen LogP contribution >= 0.6 is 0 Å². The van der Waals surface area contributed by atoms with Crippen molar-refractivity contribution in [3.05, 3.63) is 24.3 Å². The first-order valence-corrected chi connectivity index (χ1v) is 6.67. The van der Waals surface area contributed by atoms with Crippen LogP contribution in [0.25, 0.3) is 0 Å². The Kier molecular flexibility index (Phi) is 5.30. The van der Waals surface area contributed by atoms with Crippen LogP contribution in [0, 0.1) is 0 Å². The second kappa shape index (κ2) is 7.24. The quantitative estimate of drug-likeness (QED) is 0.827. The van der Waals surface area contributed by atoms with Crippen LogP contribution in [0.2, 0.25) is 0 Å². The zero-order valence-corrected chi connectivity index (χ0v) is 11.0. The van der Waals surface area contributed by atoms with E-state index >= 15 is 0 Å². The van der Waals surface area contributed by atoms with Gasteiger partial charge in [0.15, 0.2) is 0 Å². The fourth-order valence-corrected chi connectivity index (χ4v) is 2.03. The van der Waals surface area contributed by atoms with E-state index < -0.39 is 0 Å². The van der Waals surface area contributed by atoms with Gasteiger partial charge < -0.3 is 14.8 Å². The first-order chi connectivity index (χ1) is 8.88. The molecule has 1 aromatic rings. The SMILES string of the molecule is CCOc1ccc(OCCN2CCNCC2)cc1. The lowest BCUT2D eigenvalue weighted by molar-refractivity contribution is 0.191. The smallest absolute Gasteiger partial charge is 0.119 e. The van der Waals surface area contributed by atoms with Crippen molar-refractivity contribution in [2.45, 2.75) is 6.92 Å². The average Bonchev–Trinajstić information content (AvgIpc) is 2.42. The molecule has 2 rings (SSSR count). The number of ether oxygens (including phenoxy) is 2. The molecule has 100 valence electrons. The summed E-state index contributed by atoms with van der Waals surface area (Å²) in [7, 11) is 0.